The Morgan fingerprint density at radius 1 is 0.800 bits per heavy atom. The summed E-state index contributed by atoms with van der Waals surface area (Å²) in [7, 11) is 3.17. The molecule has 0 spiro atoms. The highest BCUT2D eigenvalue weighted by atomic mass is 127. The monoisotopic (exact) mass is 455 g/mol. The first-order valence-electron chi connectivity index (χ1n) is 7.49. The lowest BCUT2D eigenvalue weighted by Gasteiger charge is -2.07. The minimum Gasteiger partial charge on any atom is -0.497 e. The predicted octanol–water partition coefficient (Wildman–Crippen LogP) is -0.251. The van der Waals surface area contributed by atoms with Gasteiger partial charge >= 0.3 is 21.2 Å². The average molecular weight is 455 g/mol. The number of hydrogen-bond donors (Lipinski definition) is 2. The molecule has 0 unspecified atom stereocenters. The van der Waals surface area contributed by atoms with Crippen LogP contribution in [-0.2, 0) is 9.59 Å². The maximum atomic E-state index is 11.5. The van der Waals surface area contributed by atoms with Gasteiger partial charge in [-0.3, -0.25) is 9.59 Å². The van der Waals surface area contributed by atoms with Crippen molar-refractivity contribution in [1.29, 1.82) is 0 Å². The summed E-state index contributed by atoms with van der Waals surface area (Å²) in [5.74, 6) is 1.06. The first-order valence-corrected chi connectivity index (χ1v) is 9.64. The lowest BCUT2D eigenvalue weighted by atomic mass is 10.3. The van der Waals surface area contributed by atoms with Gasteiger partial charge in [0, 0.05) is 26.0 Å². The largest absolute Gasteiger partial charge is 0.497 e. The maximum Gasteiger partial charge on any atom is 0.362 e. The molecule has 2 aromatic carbocycles. The molecule has 25 heavy (non-hydrogen) atoms. The first-order chi connectivity index (χ1) is 11.9. The molecule has 7 heteroatoms. The molecule has 0 heterocycles. The highest BCUT2D eigenvalue weighted by Crippen LogP contribution is 2.19. The van der Waals surface area contributed by atoms with Crippen LogP contribution in [0.15, 0.2) is 36.4 Å². The second-order valence-corrected chi connectivity index (χ2v) is 8.01. The standard InChI is InChI=1S/C18H19IN2O4/c1-11(22)20-17-9-13(24-3)5-7-15(17)19-16-8-6-14(25-4)10-18(16)21-12(2)23/h5-10H,1-4H3,(H-,20,21,22,23)/p+1. The van der Waals surface area contributed by atoms with E-state index < -0.39 is 21.2 Å². The fourth-order valence-electron chi connectivity index (χ4n) is 2.11. The van der Waals surface area contributed by atoms with E-state index in [0.717, 1.165) is 18.5 Å². The molecule has 0 saturated carbocycles. The van der Waals surface area contributed by atoms with Crippen molar-refractivity contribution in [2.75, 3.05) is 24.9 Å². The van der Waals surface area contributed by atoms with Crippen LogP contribution in [0.1, 0.15) is 13.8 Å². The molecule has 2 aromatic rings. The van der Waals surface area contributed by atoms with E-state index in [1.54, 1.807) is 26.4 Å². The molecule has 0 atom stereocenters. The number of methoxy groups -OCH3 is 2. The van der Waals surface area contributed by atoms with Crippen LogP contribution in [0.25, 0.3) is 0 Å². The van der Waals surface area contributed by atoms with Gasteiger partial charge in [-0.15, -0.1) is 0 Å². The average Bonchev–Trinajstić information content (AvgIpc) is 2.56. The van der Waals surface area contributed by atoms with E-state index in [1.165, 1.54) is 13.8 Å². The summed E-state index contributed by atoms with van der Waals surface area (Å²) in [6.07, 6.45) is 0. The number of ether oxygens (including phenoxy) is 2. The van der Waals surface area contributed by atoms with E-state index >= 15 is 0 Å². The number of halogens is 1. The van der Waals surface area contributed by atoms with E-state index in [4.69, 9.17) is 9.47 Å². The number of rotatable bonds is 6. The summed E-state index contributed by atoms with van der Waals surface area (Å²) in [5.41, 5.74) is 1.45. The van der Waals surface area contributed by atoms with E-state index in [9.17, 15) is 9.59 Å². The van der Waals surface area contributed by atoms with Crippen molar-refractivity contribution in [2.45, 2.75) is 13.8 Å². The van der Waals surface area contributed by atoms with Crippen LogP contribution in [0.3, 0.4) is 0 Å². The Morgan fingerprint density at radius 3 is 1.52 bits per heavy atom. The third kappa shape index (κ3) is 5.35. The Labute approximate surface area is 157 Å². The van der Waals surface area contributed by atoms with Crippen LogP contribution in [0, 0.1) is 7.14 Å². The minimum absolute atomic E-state index is 0.143. The van der Waals surface area contributed by atoms with Crippen LogP contribution < -0.4 is 41.3 Å². The van der Waals surface area contributed by atoms with Gasteiger partial charge in [-0.1, -0.05) is 0 Å². The zero-order valence-corrected chi connectivity index (χ0v) is 16.6. The van der Waals surface area contributed by atoms with E-state index in [2.05, 4.69) is 10.6 Å². The van der Waals surface area contributed by atoms with Crippen molar-refractivity contribution in [3.05, 3.63) is 43.5 Å². The Bertz CT molecular complexity index is 727. The SMILES string of the molecule is COc1ccc([I+]c2ccc(OC)cc2NC(C)=O)c(NC(C)=O)c1. The molecule has 0 fully saturated rings. The van der Waals surface area contributed by atoms with Crippen LogP contribution in [0.2, 0.25) is 0 Å². The molecule has 0 radical (unpaired) electrons. The molecular weight excluding hydrogens is 435 g/mol. The van der Waals surface area contributed by atoms with Crippen LogP contribution >= 0.6 is 0 Å². The molecule has 0 bridgehead atoms. The molecule has 0 aliphatic heterocycles. The lowest BCUT2D eigenvalue weighted by molar-refractivity contribution is -0.594. The molecule has 0 saturated heterocycles. The highest BCUT2D eigenvalue weighted by Gasteiger charge is 2.25. The Morgan fingerprint density at radius 2 is 1.20 bits per heavy atom. The summed E-state index contributed by atoms with van der Waals surface area (Å²) in [6, 6.07) is 11.2. The molecule has 2 rings (SSSR count). The number of carbonyl (C=O) groups is 2. The van der Waals surface area contributed by atoms with Gasteiger partial charge < -0.3 is 20.1 Å². The smallest absolute Gasteiger partial charge is 0.362 e. The summed E-state index contributed by atoms with van der Waals surface area (Å²) >= 11 is -0.655. The number of benzene rings is 2. The van der Waals surface area contributed by atoms with Crippen molar-refractivity contribution < 1.29 is 40.3 Å². The summed E-state index contributed by atoms with van der Waals surface area (Å²) in [4.78, 5) is 23.0. The van der Waals surface area contributed by atoms with Crippen molar-refractivity contribution in [3.63, 3.8) is 0 Å². The molecule has 2 N–H and O–H groups in total. The predicted molar refractivity (Wildman–Crippen MR) is 92.0 cm³/mol. The fraction of sp³-hybridized carbons (Fsp3) is 0.222. The normalized spacial score (nSPS) is 10.1. The molecule has 0 aliphatic rings. The van der Waals surface area contributed by atoms with E-state index in [-0.39, 0.29) is 11.8 Å². The van der Waals surface area contributed by atoms with Gasteiger partial charge in [0.2, 0.25) is 19.0 Å². The van der Waals surface area contributed by atoms with Crippen LogP contribution in [0.5, 0.6) is 11.5 Å². The van der Waals surface area contributed by atoms with Gasteiger partial charge in [-0.2, -0.15) is 0 Å². The molecule has 2 amide bonds. The maximum absolute atomic E-state index is 11.5. The Hall–Kier alpha value is -2.29. The van der Waals surface area contributed by atoms with Gasteiger partial charge in [0.15, 0.2) is 0 Å². The van der Waals surface area contributed by atoms with Crippen molar-refractivity contribution in [2.24, 2.45) is 0 Å². The molecular formula is C18H20IN2O4+. The second kappa shape index (κ2) is 8.70. The Kier molecular flexibility index (Phi) is 6.63. The lowest BCUT2D eigenvalue weighted by Crippen LogP contribution is -3.61. The van der Waals surface area contributed by atoms with Gasteiger partial charge in [-0.05, 0) is 24.3 Å². The van der Waals surface area contributed by atoms with Crippen molar-refractivity contribution in [3.8, 4) is 11.5 Å². The van der Waals surface area contributed by atoms with Gasteiger partial charge in [0.25, 0.3) is 0 Å². The van der Waals surface area contributed by atoms with Gasteiger partial charge in [0.05, 0.1) is 25.6 Å². The Balaban J connectivity index is 2.41. The summed E-state index contributed by atoms with van der Waals surface area (Å²) < 4.78 is 12.5. The van der Waals surface area contributed by atoms with E-state index in [0.29, 0.717) is 11.5 Å². The zero-order chi connectivity index (χ0) is 18.4. The quantitative estimate of drug-likeness (QED) is 0.590. The molecule has 0 aromatic heterocycles. The second-order valence-electron chi connectivity index (χ2n) is 5.15. The fourth-order valence-corrected chi connectivity index (χ4v) is 4.62. The molecule has 132 valence electrons. The highest BCUT2D eigenvalue weighted by molar-refractivity contribution is 5.89. The van der Waals surface area contributed by atoms with Crippen molar-refractivity contribution in [1.82, 2.24) is 0 Å². The van der Waals surface area contributed by atoms with Crippen molar-refractivity contribution >= 4 is 23.2 Å². The molecule has 6 nitrogen and oxygen atoms in total. The summed E-state index contributed by atoms with van der Waals surface area (Å²) in [6.45, 7) is 2.94. The first kappa shape index (κ1) is 19.0. The topological polar surface area (TPSA) is 76.7 Å². The van der Waals surface area contributed by atoms with Crippen LogP contribution in [-0.4, -0.2) is 26.0 Å². The minimum atomic E-state index is -0.655. The van der Waals surface area contributed by atoms with Gasteiger partial charge in [0.1, 0.15) is 11.5 Å². The van der Waals surface area contributed by atoms with Gasteiger partial charge in [-0.25, -0.2) is 0 Å². The third-order valence-electron chi connectivity index (χ3n) is 3.17. The number of nitrogens with one attached hydrogen (secondary N) is 2. The number of carbonyl (C=O) groups excluding carboxylic acids is 2. The zero-order valence-electron chi connectivity index (χ0n) is 14.5. The van der Waals surface area contributed by atoms with Crippen LogP contribution in [0.4, 0.5) is 11.4 Å². The number of hydrogen-bond acceptors (Lipinski definition) is 4. The van der Waals surface area contributed by atoms with E-state index in [1.807, 2.05) is 24.3 Å². The number of amides is 2. The summed E-state index contributed by atoms with van der Waals surface area (Å²) in [5, 5.41) is 5.70. The number of anilines is 2. The molecule has 0 aliphatic carbocycles. The third-order valence-corrected chi connectivity index (χ3v) is 6.22.